The van der Waals surface area contributed by atoms with Gasteiger partial charge in [0.1, 0.15) is 11.4 Å². The second-order valence-corrected chi connectivity index (χ2v) is 6.90. The standard InChI is InChI=1S/C20H23N7O3/c1-2-27-17(21)15(18(22)29)16(28)14-11-23-20(25-19(14)27)24-12-3-5-13(6-4-12)26-7-9-30-10-8-26/h3-6,11H,2,7-10,21H2,1H3,(H2,22,29)(H,23,24,25). The van der Waals surface area contributed by atoms with Gasteiger partial charge in [-0.2, -0.15) is 4.98 Å². The van der Waals surface area contributed by atoms with Crippen molar-refractivity contribution in [3.63, 3.8) is 0 Å². The van der Waals surface area contributed by atoms with E-state index in [1.165, 1.54) is 6.20 Å². The summed E-state index contributed by atoms with van der Waals surface area (Å²) >= 11 is 0. The molecule has 0 bridgehead atoms. The van der Waals surface area contributed by atoms with Crippen molar-refractivity contribution in [1.29, 1.82) is 0 Å². The predicted molar refractivity (Wildman–Crippen MR) is 115 cm³/mol. The fraction of sp³-hybridized carbons (Fsp3) is 0.300. The van der Waals surface area contributed by atoms with Crippen molar-refractivity contribution in [1.82, 2.24) is 14.5 Å². The summed E-state index contributed by atoms with van der Waals surface area (Å²) < 4.78 is 6.96. The maximum atomic E-state index is 12.6. The Bertz CT molecular complexity index is 1150. The summed E-state index contributed by atoms with van der Waals surface area (Å²) in [6.45, 7) is 5.43. The van der Waals surface area contributed by atoms with Gasteiger partial charge in [0, 0.05) is 37.2 Å². The maximum absolute atomic E-state index is 12.6. The monoisotopic (exact) mass is 409 g/mol. The lowest BCUT2D eigenvalue weighted by Gasteiger charge is -2.28. The van der Waals surface area contributed by atoms with Gasteiger partial charge in [0.25, 0.3) is 5.91 Å². The molecule has 1 fully saturated rings. The number of nitrogens with zero attached hydrogens (tertiary/aromatic N) is 4. The van der Waals surface area contributed by atoms with Crippen molar-refractivity contribution < 1.29 is 9.53 Å². The lowest BCUT2D eigenvalue weighted by Crippen LogP contribution is -2.36. The van der Waals surface area contributed by atoms with Crippen LogP contribution in [0.1, 0.15) is 17.3 Å². The molecule has 1 saturated heterocycles. The van der Waals surface area contributed by atoms with Crippen LogP contribution in [0.2, 0.25) is 0 Å². The smallest absolute Gasteiger partial charge is 0.256 e. The van der Waals surface area contributed by atoms with Crippen molar-refractivity contribution in [2.75, 3.05) is 42.3 Å². The van der Waals surface area contributed by atoms with Gasteiger partial charge in [0.15, 0.2) is 5.65 Å². The molecule has 10 nitrogen and oxygen atoms in total. The molecule has 0 spiro atoms. The molecule has 1 aromatic carbocycles. The third kappa shape index (κ3) is 3.52. The van der Waals surface area contributed by atoms with Gasteiger partial charge in [0.05, 0.1) is 18.6 Å². The van der Waals surface area contributed by atoms with E-state index in [1.807, 2.05) is 31.2 Å². The number of fused-ring (bicyclic) bond motifs is 1. The summed E-state index contributed by atoms with van der Waals surface area (Å²) in [5, 5.41) is 3.33. The van der Waals surface area contributed by atoms with E-state index >= 15 is 0 Å². The van der Waals surface area contributed by atoms with Crippen molar-refractivity contribution >= 4 is 40.1 Å². The number of nitrogens with one attached hydrogen (secondary N) is 1. The Hall–Kier alpha value is -3.66. The molecule has 0 saturated carbocycles. The number of hydrogen-bond acceptors (Lipinski definition) is 8. The molecule has 3 heterocycles. The van der Waals surface area contributed by atoms with E-state index in [2.05, 4.69) is 20.2 Å². The average molecular weight is 409 g/mol. The number of nitrogens with two attached hydrogens (primary N) is 2. The zero-order valence-corrected chi connectivity index (χ0v) is 16.6. The Labute approximate surface area is 172 Å². The number of primary amides is 1. The second kappa shape index (κ2) is 7.99. The van der Waals surface area contributed by atoms with E-state index in [4.69, 9.17) is 16.2 Å². The first-order chi connectivity index (χ1) is 14.5. The first kappa shape index (κ1) is 19.6. The van der Waals surface area contributed by atoms with Crippen LogP contribution in [-0.4, -0.2) is 46.7 Å². The third-order valence-corrected chi connectivity index (χ3v) is 5.11. The fourth-order valence-corrected chi connectivity index (χ4v) is 3.56. The van der Waals surface area contributed by atoms with Gasteiger partial charge >= 0.3 is 0 Å². The van der Waals surface area contributed by atoms with Crippen LogP contribution in [-0.2, 0) is 11.3 Å². The van der Waals surface area contributed by atoms with Gasteiger partial charge < -0.3 is 31.0 Å². The summed E-state index contributed by atoms with van der Waals surface area (Å²) in [6.07, 6.45) is 1.38. The van der Waals surface area contributed by atoms with E-state index in [9.17, 15) is 9.59 Å². The molecule has 5 N–H and O–H groups in total. The van der Waals surface area contributed by atoms with Gasteiger partial charge in [-0.25, -0.2) is 4.98 Å². The number of nitrogen functional groups attached to an aromatic ring is 1. The Morgan fingerprint density at radius 3 is 2.57 bits per heavy atom. The highest BCUT2D eigenvalue weighted by Crippen LogP contribution is 2.22. The number of carbonyl (C=O) groups is 1. The van der Waals surface area contributed by atoms with E-state index in [1.54, 1.807) is 4.57 Å². The van der Waals surface area contributed by atoms with Crippen LogP contribution >= 0.6 is 0 Å². The number of aromatic nitrogens is 3. The number of hydrogen-bond donors (Lipinski definition) is 3. The summed E-state index contributed by atoms with van der Waals surface area (Å²) in [7, 11) is 0. The van der Waals surface area contributed by atoms with E-state index in [0.717, 1.165) is 37.7 Å². The number of ether oxygens (including phenoxy) is 1. The van der Waals surface area contributed by atoms with Crippen molar-refractivity contribution in [2.45, 2.75) is 13.5 Å². The molecule has 0 radical (unpaired) electrons. The molecular formula is C20H23N7O3. The molecule has 156 valence electrons. The number of carbonyl (C=O) groups excluding carboxylic acids is 1. The third-order valence-electron chi connectivity index (χ3n) is 5.11. The quantitative estimate of drug-likeness (QED) is 0.568. The molecule has 2 aromatic heterocycles. The summed E-state index contributed by atoms with van der Waals surface area (Å²) in [6, 6.07) is 7.92. The van der Waals surface area contributed by atoms with Crippen LogP contribution < -0.4 is 27.1 Å². The summed E-state index contributed by atoms with van der Waals surface area (Å²) in [5.74, 6) is -0.555. The molecular weight excluding hydrogens is 386 g/mol. The minimum atomic E-state index is -0.871. The molecule has 1 amide bonds. The number of anilines is 4. The molecule has 10 heteroatoms. The molecule has 0 unspecified atom stereocenters. The molecule has 3 aromatic rings. The number of pyridine rings is 1. The minimum Gasteiger partial charge on any atom is -0.384 e. The molecule has 0 atom stereocenters. The van der Waals surface area contributed by atoms with Crippen LogP contribution in [0.15, 0.2) is 35.3 Å². The number of aryl methyl sites for hydroxylation is 1. The van der Waals surface area contributed by atoms with E-state index in [0.29, 0.717) is 18.1 Å². The molecule has 1 aliphatic heterocycles. The first-order valence-corrected chi connectivity index (χ1v) is 9.68. The largest absolute Gasteiger partial charge is 0.384 e. The van der Waals surface area contributed by atoms with Crippen LogP contribution in [0.25, 0.3) is 11.0 Å². The number of rotatable bonds is 5. The topological polar surface area (TPSA) is 141 Å². The average Bonchev–Trinajstić information content (AvgIpc) is 2.75. The Kier molecular flexibility index (Phi) is 5.23. The SMILES string of the molecule is CCn1c(N)c(C(N)=O)c(=O)c2cnc(Nc3ccc(N4CCOCC4)cc3)nc21. The van der Waals surface area contributed by atoms with Crippen molar-refractivity contribution in [3.8, 4) is 0 Å². The predicted octanol–water partition coefficient (Wildman–Crippen LogP) is 1.07. The Morgan fingerprint density at radius 1 is 1.23 bits per heavy atom. The molecule has 1 aliphatic rings. The fourth-order valence-electron chi connectivity index (χ4n) is 3.56. The molecule has 30 heavy (non-hydrogen) atoms. The van der Waals surface area contributed by atoms with Crippen LogP contribution in [0.5, 0.6) is 0 Å². The summed E-state index contributed by atoms with van der Waals surface area (Å²) in [4.78, 5) is 35.2. The zero-order chi connectivity index (χ0) is 21.3. The highest BCUT2D eigenvalue weighted by molar-refractivity contribution is 6.00. The highest BCUT2D eigenvalue weighted by atomic mass is 16.5. The summed E-state index contributed by atoms with van der Waals surface area (Å²) in [5.41, 5.74) is 12.8. The highest BCUT2D eigenvalue weighted by Gasteiger charge is 2.20. The normalized spacial score (nSPS) is 14.1. The van der Waals surface area contributed by atoms with Crippen LogP contribution in [0.3, 0.4) is 0 Å². The van der Waals surface area contributed by atoms with Crippen molar-refractivity contribution in [3.05, 3.63) is 46.2 Å². The Balaban J connectivity index is 1.66. The van der Waals surface area contributed by atoms with Gasteiger partial charge in [-0.15, -0.1) is 0 Å². The number of morpholine rings is 1. The van der Waals surface area contributed by atoms with E-state index in [-0.39, 0.29) is 16.8 Å². The lowest BCUT2D eigenvalue weighted by molar-refractivity contribution is 0.0999. The van der Waals surface area contributed by atoms with Gasteiger partial charge in [-0.3, -0.25) is 9.59 Å². The van der Waals surface area contributed by atoms with Crippen molar-refractivity contribution in [2.24, 2.45) is 5.73 Å². The van der Waals surface area contributed by atoms with Gasteiger partial charge in [-0.05, 0) is 31.2 Å². The van der Waals surface area contributed by atoms with Crippen LogP contribution in [0, 0.1) is 0 Å². The zero-order valence-electron chi connectivity index (χ0n) is 16.6. The van der Waals surface area contributed by atoms with Gasteiger partial charge in [0.2, 0.25) is 11.4 Å². The lowest BCUT2D eigenvalue weighted by atomic mass is 10.1. The van der Waals surface area contributed by atoms with E-state index < -0.39 is 11.3 Å². The maximum Gasteiger partial charge on any atom is 0.256 e. The number of amides is 1. The molecule has 0 aliphatic carbocycles. The first-order valence-electron chi connectivity index (χ1n) is 9.68. The van der Waals surface area contributed by atoms with Gasteiger partial charge in [-0.1, -0.05) is 0 Å². The minimum absolute atomic E-state index is 0.00186. The molecule has 4 rings (SSSR count). The second-order valence-electron chi connectivity index (χ2n) is 6.90. The Morgan fingerprint density at radius 2 is 1.93 bits per heavy atom. The number of benzene rings is 1. The van der Waals surface area contributed by atoms with Crippen LogP contribution in [0.4, 0.5) is 23.1 Å².